The van der Waals surface area contributed by atoms with Crippen LogP contribution >= 0.6 is 11.3 Å². The van der Waals surface area contributed by atoms with Crippen LogP contribution in [0.5, 0.6) is 0 Å². The Balaban J connectivity index is 2.57. The van der Waals surface area contributed by atoms with Crippen LogP contribution in [0.15, 0.2) is 17.5 Å². The second-order valence-corrected chi connectivity index (χ2v) is 5.03. The maximum atomic E-state index is 5.78. The lowest BCUT2D eigenvalue weighted by atomic mass is 10.1. The van der Waals surface area contributed by atoms with Gasteiger partial charge in [-0.25, -0.2) is 0 Å². The topological polar surface area (TPSA) is 29.3 Å². The summed E-state index contributed by atoms with van der Waals surface area (Å²) in [6.07, 6.45) is 2.23. The van der Waals surface area contributed by atoms with E-state index >= 15 is 0 Å². The van der Waals surface area contributed by atoms with Crippen LogP contribution in [0, 0.1) is 0 Å². The highest BCUT2D eigenvalue weighted by Gasteiger charge is 2.14. The Bertz CT molecular complexity index is 242. The fraction of sp³-hybridized carbons (Fsp3) is 0.636. The third-order valence-electron chi connectivity index (χ3n) is 2.39. The van der Waals surface area contributed by atoms with E-state index in [-0.39, 0.29) is 0 Å². The van der Waals surface area contributed by atoms with Gasteiger partial charge in [-0.05, 0) is 45.3 Å². The molecule has 0 amide bonds. The van der Waals surface area contributed by atoms with Crippen molar-refractivity contribution in [3.8, 4) is 0 Å². The molecule has 0 saturated carbocycles. The normalized spacial score (nSPS) is 15.8. The molecule has 0 fully saturated rings. The van der Waals surface area contributed by atoms with Crippen LogP contribution in [0.4, 0.5) is 0 Å². The van der Waals surface area contributed by atoms with E-state index in [1.54, 1.807) is 0 Å². The molecule has 14 heavy (non-hydrogen) atoms. The van der Waals surface area contributed by atoms with Crippen LogP contribution in [0.1, 0.15) is 30.7 Å². The van der Waals surface area contributed by atoms with Gasteiger partial charge in [0.25, 0.3) is 0 Å². The third kappa shape index (κ3) is 3.40. The second-order valence-electron chi connectivity index (χ2n) is 4.05. The molecular formula is C11H20N2S. The van der Waals surface area contributed by atoms with Gasteiger partial charge in [0, 0.05) is 17.0 Å². The first kappa shape index (κ1) is 11.7. The van der Waals surface area contributed by atoms with Crippen molar-refractivity contribution in [1.29, 1.82) is 0 Å². The maximum Gasteiger partial charge on any atom is 0.0436 e. The Kier molecular flexibility index (Phi) is 4.58. The summed E-state index contributed by atoms with van der Waals surface area (Å²) in [5.41, 5.74) is 5.78. The molecule has 1 heterocycles. The van der Waals surface area contributed by atoms with Crippen molar-refractivity contribution in [2.75, 3.05) is 14.1 Å². The lowest BCUT2D eigenvalue weighted by molar-refractivity contribution is 0.279. The van der Waals surface area contributed by atoms with E-state index in [0.717, 1.165) is 12.8 Å². The van der Waals surface area contributed by atoms with Crippen LogP contribution in [0.3, 0.4) is 0 Å². The van der Waals surface area contributed by atoms with Gasteiger partial charge in [-0.1, -0.05) is 6.07 Å². The predicted octanol–water partition coefficient (Wildman–Crippen LogP) is 2.48. The van der Waals surface area contributed by atoms with E-state index in [0.29, 0.717) is 12.1 Å². The summed E-state index contributed by atoms with van der Waals surface area (Å²) in [5, 5.41) is 2.14. The number of nitrogens with zero attached hydrogens (tertiary/aromatic N) is 1. The minimum absolute atomic E-state index is 0.303. The smallest absolute Gasteiger partial charge is 0.0436 e. The molecule has 0 aromatic carbocycles. The number of nitrogens with two attached hydrogens (primary N) is 1. The van der Waals surface area contributed by atoms with Gasteiger partial charge < -0.3 is 10.6 Å². The highest BCUT2D eigenvalue weighted by molar-refractivity contribution is 7.10. The largest absolute Gasteiger partial charge is 0.328 e. The molecule has 1 rings (SSSR count). The summed E-state index contributed by atoms with van der Waals surface area (Å²) in [7, 11) is 4.26. The van der Waals surface area contributed by atoms with Crippen molar-refractivity contribution in [1.82, 2.24) is 4.90 Å². The number of rotatable bonds is 5. The molecule has 0 aliphatic rings. The molecule has 1 aromatic rings. The molecule has 1 aromatic heterocycles. The molecule has 80 valence electrons. The fourth-order valence-corrected chi connectivity index (χ4v) is 2.51. The first-order valence-electron chi connectivity index (χ1n) is 5.06. The Morgan fingerprint density at radius 3 is 2.57 bits per heavy atom. The first-order chi connectivity index (χ1) is 6.61. The molecule has 0 radical (unpaired) electrons. The maximum absolute atomic E-state index is 5.78. The van der Waals surface area contributed by atoms with Gasteiger partial charge in [0.2, 0.25) is 0 Å². The molecule has 2 unspecified atom stereocenters. The monoisotopic (exact) mass is 212 g/mol. The van der Waals surface area contributed by atoms with Gasteiger partial charge in [-0.15, -0.1) is 11.3 Å². The van der Waals surface area contributed by atoms with Crippen molar-refractivity contribution in [3.05, 3.63) is 22.4 Å². The zero-order valence-corrected chi connectivity index (χ0v) is 10.1. The lowest BCUT2D eigenvalue weighted by Gasteiger charge is -2.23. The van der Waals surface area contributed by atoms with Crippen LogP contribution in [-0.2, 0) is 0 Å². The minimum atomic E-state index is 0.303. The van der Waals surface area contributed by atoms with Crippen LogP contribution in [-0.4, -0.2) is 25.0 Å². The molecular weight excluding hydrogens is 192 g/mol. The SMILES string of the molecule is CC(N)CCC(c1cccs1)N(C)C. The summed E-state index contributed by atoms with van der Waals surface area (Å²) in [4.78, 5) is 3.71. The summed E-state index contributed by atoms with van der Waals surface area (Å²) in [6, 6.07) is 5.15. The van der Waals surface area contributed by atoms with Gasteiger partial charge in [-0.3, -0.25) is 0 Å². The van der Waals surface area contributed by atoms with E-state index in [9.17, 15) is 0 Å². The molecule has 3 heteroatoms. The quantitative estimate of drug-likeness (QED) is 0.812. The Morgan fingerprint density at radius 2 is 2.14 bits per heavy atom. The molecule has 0 bridgehead atoms. The summed E-state index contributed by atoms with van der Waals surface area (Å²) in [6.45, 7) is 2.07. The standard InChI is InChI=1S/C11H20N2S/c1-9(12)6-7-10(13(2)3)11-5-4-8-14-11/h4-5,8-10H,6-7,12H2,1-3H3. The molecule has 0 spiro atoms. The van der Waals surface area contributed by atoms with Crippen molar-refractivity contribution >= 4 is 11.3 Å². The second kappa shape index (κ2) is 5.49. The van der Waals surface area contributed by atoms with Crippen molar-refractivity contribution in [2.45, 2.75) is 31.8 Å². The van der Waals surface area contributed by atoms with Gasteiger partial charge in [-0.2, -0.15) is 0 Å². The Hall–Kier alpha value is -0.380. The number of hydrogen-bond acceptors (Lipinski definition) is 3. The average Bonchev–Trinajstić information content (AvgIpc) is 2.56. The highest BCUT2D eigenvalue weighted by Crippen LogP contribution is 2.27. The predicted molar refractivity (Wildman–Crippen MR) is 63.6 cm³/mol. The zero-order valence-electron chi connectivity index (χ0n) is 9.23. The molecule has 2 nitrogen and oxygen atoms in total. The zero-order chi connectivity index (χ0) is 10.6. The fourth-order valence-electron chi connectivity index (χ4n) is 1.56. The summed E-state index contributed by atoms with van der Waals surface area (Å²) in [5.74, 6) is 0. The van der Waals surface area contributed by atoms with Crippen LogP contribution in [0.25, 0.3) is 0 Å². The molecule has 2 N–H and O–H groups in total. The molecule has 0 saturated heterocycles. The van der Waals surface area contributed by atoms with Gasteiger partial charge in [0.1, 0.15) is 0 Å². The van der Waals surface area contributed by atoms with Crippen molar-refractivity contribution in [3.63, 3.8) is 0 Å². The van der Waals surface area contributed by atoms with Gasteiger partial charge in [0.15, 0.2) is 0 Å². The summed E-state index contributed by atoms with van der Waals surface area (Å²) >= 11 is 1.83. The number of hydrogen-bond donors (Lipinski definition) is 1. The van der Waals surface area contributed by atoms with E-state index in [1.165, 1.54) is 4.88 Å². The van der Waals surface area contributed by atoms with Gasteiger partial charge in [0.05, 0.1) is 0 Å². The van der Waals surface area contributed by atoms with Crippen LogP contribution in [0.2, 0.25) is 0 Å². The highest BCUT2D eigenvalue weighted by atomic mass is 32.1. The number of thiophene rings is 1. The average molecular weight is 212 g/mol. The summed E-state index contributed by atoms with van der Waals surface area (Å²) < 4.78 is 0. The minimum Gasteiger partial charge on any atom is -0.328 e. The van der Waals surface area contributed by atoms with Crippen LogP contribution < -0.4 is 5.73 Å². The lowest BCUT2D eigenvalue weighted by Crippen LogP contribution is -2.22. The van der Waals surface area contributed by atoms with Crippen molar-refractivity contribution in [2.24, 2.45) is 5.73 Å². The molecule has 0 aliphatic heterocycles. The van der Waals surface area contributed by atoms with Crippen molar-refractivity contribution < 1.29 is 0 Å². The van der Waals surface area contributed by atoms with E-state index in [4.69, 9.17) is 5.73 Å². The van der Waals surface area contributed by atoms with E-state index in [1.807, 2.05) is 11.3 Å². The van der Waals surface area contributed by atoms with Gasteiger partial charge >= 0.3 is 0 Å². The first-order valence-corrected chi connectivity index (χ1v) is 5.94. The molecule has 2 atom stereocenters. The Labute approximate surface area is 90.7 Å². The molecule has 0 aliphatic carbocycles. The third-order valence-corrected chi connectivity index (χ3v) is 3.36. The van der Waals surface area contributed by atoms with E-state index in [2.05, 4.69) is 43.4 Å². The van der Waals surface area contributed by atoms with E-state index < -0.39 is 0 Å². The Morgan fingerprint density at radius 1 is 1.43 bits per heavy atom.